The highest BCUT2D eigenvalue weighted by Crippen LogP contribution is 2.38. The van der Waals surface area contributed by atoms with Crippen LogP contribution in [0.1, 0.15) is 45.1 Å². The molecule has 0 radical (unpaired) electrons. The van der Waals surface area contributed by atoms with Crippen LogP contribution in [-0.2, 0) is 30.3 Å². The Labute approximate surface area is 164 Å². The van der Waals surface area contributed by atoms with Crippen LogP contribution in [0.25, 0.3) is 0 Å². The van der Waals surface area contributed by atoms with Crippen LogP contribution in [0, 0.1) is 11.8 Å². The molecule has 150 valence electrons. The van der Waals surface area contributed by atoms with Crippen molar-refractivity contribution in [2.45, 2.75) is 52.0 Å². The summed E-state index contributed by atoms with van der Waals surface area (Å²) in [5, 5.41) is 2.65. The summed E-state index contributed by atoms with van der Waals surface area (Å²) < 4.78 is 5.05. The van der Waals surface area contributed by atoms with E-state index in [0.29, 0.717) is 18.5 Å². The number of carbonyl (C=O) groups is 4. The summed E-state index contributed by atoms with van der Waals surface area (Å²) in [5.74, 6) is -2.44. The van der Waals surface area contributed by atoms with Crippen molar-refractivity contribution in [2.75, 3.05) is 11.9 Å². The minimum absolute atomic E-state index is 0.292. The zero-order chi connectivity index (χ0) is 20.3. The first-order valence-electron chi connectivity index (χ1n) is 9.84. The Hall–Kier alpha value is -2.70. The molecule has 1 aliphatic carbocycles. The molecule has 0 bridgehead atoms. The molecule has 0 spiro atoms. The lowest BCUT2D eigenvalue weighted by atomic mass is 9.81. The third-order valence-corrected chi connectivity index (χ3v) is 5.60. The number of rotatable bonds is 6. The number of nitrogens with zero attached hydrogens (tertiary/aromatic N) is 1. The predicted octanol–water partition coefficient (Wildman–Crippen LogP) is 2.29. The lowest BCUT2D eigenvalue weighted by molar-refractivity contribution is -0.159. The Morgan fingerprint density at radius 3 is 2.21 bits per heavy atom. The van der Waals surface area contributed by atoms with Crippen molar-refractivity contribution in [1.29, 1.82) is 0 Å². The Kier molecular flexibility index (Phi) is 6.11. The average Bonchev–Trinajstić information content (AvgIpc) is 2.97. The van der Waals surface area contributed by atoms with Crippen LogP contribution in [0.15, 0.2) is 24.3 Å². The molecule has 2 aliphatic rings. The molecule has 2 fully saturated rings. The van der Waals surface area contributed by atoms with E-state index in [0.717, 1.165) is 29.7 Å². The fourth-order valence-corrected chi connectivity index (χ4v) is 3.95. The number of imide groups is 1. The van der Waals surface area contributed by atoms with E-state index in [2.05, 4.69) is 5.32 Å². The van der Waals surface area contributed by atoms with Crippen molar-refractivity contribution in [3.63, 3.8) is 0 Å². The highest BCUT2D eigenvalue weighted by atomic mass is 16.5. The summed E-state index contributed by atoms with van der Waals surface area (Å²) in [4.78, 5) is 50.5. The van der Waals surface area contributed by atoms with E-state index in [1.807, 2.05) is 19.1 Å². The number of benzene rings is 1. The van der Waals surface area contributed by atoms with Crippen molar-refractivity contribution >= 4 is 29.4 Å². The van der Waals surface area contributed by atoms with Gasteiger partial charge in [0.2, 0.25) is 11.8 Å². The molecular formula is C21H26N2O5. The maximum atomic E-state index is 12.5. The summed E-state index contributed by atoms with van der Waals surface area (Å²) in [7, 11) is 0. The first-order valence-corrected chi connectivity index (χ1v) is 9.84. The van der Waals surface area contributed by atoms with Gasteiger partial charge < -0.3 is 10.1 Å². The molecule has 1 N–H and O–H groups in total. The molecule has 7 nitrogen and oxygen atoms in total. The van der Waals surface area contributed by atoms with Crippen LogP contribution in [0.3, 0.4) is 0 Å². The van der Waals surface area contributed by atoms with Crippen molar-refractivity contribution in [1.82, 2.24) is 4.90 Å². The van der Waals surface area contributed by atoms with Gasteiger partial charge in [-0.15, -0.1) is 0 Å². The summed E-state index contributed by atoms with van der Waals surface area (Å²) in [5.41, 5.74) is 1.76. The summed E-state index contributed by atoms with van der Waals surface area (Å²) >= 11 is 0. The molecule has 1 aromatic rings. The van der Waals surface area contributed by atoms with Crippen molar-refractivity contribution in [3.05, 3.63) is 29.8 Å². The molecule has 3 atom stereocenters. The maximum Gasteiger partial charge on any atom is 0.329 e. The van der Waals surface area contributed by atoms with Gasteiger partial charge in [-0.3, -0.25) is 19.3 Å². The first kappa shape index (κ1) is 20.0. The molecule has 7 heteroatoms. The monoisotopic (exact) mass is 386 g/mol. The number of esters is 1. The average molecular weight is 386 g/mol. The van der Waals surface area contributed by atoms with Gasteiger partial charge in [-0.2, -0.15) is 0 Å². The van der Waals surface area contributed by atoms with Crippen LogP contribution in [0.2, 0.25) is 0 Å². The lowest BCUT2D eigenvalue weighted by Gasteiger charge is -2.21. The molecule has 1 heterocycles. The van der Waals surface area contributed by atoms with Gasteiger partial charge in [0.05, 0.1) is 11.8 Å². The van der Waals surface area contributed by atoms with Crippen molar-refractivity contribution in [3.8, 4) is 0 Å². The first-order chi connectivity index (χ1) is 13.4. The molecule has 0 aromatic heterocycles. The number of amides is 3. The Morgan fingerprint density at radius 1 is 1.11 bits per heavy atom. The topological polar surface area (TPSA) is 92.8 Å². The summed E-state index contributed by atoms with van der Waals surface area (Å²) in [6.07, 6.45) is 4.12. The minimum atomic E-state index is -1.03. The van der Waals surface area contributed by atoms with Crippen LogP contribution < -0.4 is 5.32 Å². The maximum absolute atomic E-state index is 12.5. The number of hydrogen-bond donors (Lipinski definition) is 1. The second-order valence-electron chi connectivity index (χ2n) is 7.43. The van der Waals surface area contributed by atoms with E-state index in [1.54, 1.807) is 12.1 Å². The molecule has 1 aliphatic heterocycles. The van der Waals surface area contributed by atoms with Gasteiger partial charge in [0.15, 0.2) is 6.61 Å². The highest BCUT2D eigenvalue weighted by Gasteiger charge is 2.51. The van der Waals surface area contributed by atoms with E-state index in [4.69, 9.17) is 4.74 Å². The molecule has 1 aromatic carbocycles. The molecule has 3 rings (SSSR count). The summed E-state index contributed by atoms with van der Waals surface area (Å²) in [6.45, 7) is 3.04. The van der Waals surface area contributed by atoms with Gasteiger partial charge in [0.1, 0.15) is 6.04 Å². The normalized spacial score (nSPS) is 22.6. The molecule has 28 heavy (non-hydrogen) atoms. The molecule has 0 unspecified atom stereocenters. The Morgan fingerprint density at radius 2 is 1.68 bits per heavy atom. The number of anilines is 1. The van der Waals surface area contributed by atoms with Gasteiger partial charge in [0.25, 0.3) is 5.91 Å². The van der Waals surface area contributed by atoms with Gasteiger partial charge in [-0.1, -0.05) is 31.9 Å². The van der Waals surface area contributed by atoms with Crippen molar-refractivity contribution < 1.29 is 23.9 Å². The molecule has 1 saturated carbocycles. The largest absolute Gasteiger partial charge is 0.454 e. The standard InChI is InChI=1S/C21H26N2O5/c1-3-14-8-10-15(11-9-14)22-18(24)12-28-21(27)13(2)23-19(25)16-6-4-5-7-17(16)20(23)26/h8-11,13,16-17H,3-7,12H2,1-2H3,(H,22,24)/t13-,16+,17+/m0/s1. The smallest absolute Gasteiger partial charge is 0.329 e. The third kappa shape index (κ3) is 4.08. The van der Waals surface area contributed by atoms with E-state index in [1.165, 1.54) is 6.92 Å². The van der Waals surface area contributed by atoms with Gasteiger partial charge >= 0.3 is 5.97 Å². The lowest BCUT2D eigenvalue weighted by Crippen LogP contribution is -2.45. The van der Waals surface area contributed by atoms with Gasteiger partial charge in [0, 0.05) is 5.69 Å². The second kappa shape index (κ2) is 8.54. The molecule has 1 saturated heterocycles. The zero-order valence-corrected chi connectivity index (χ0v) is 16.3. The van der Waals surface area contributed by atoms with Crippen LogP contribution >= 0.6 is 0 Å². The van der Waals surface area contributed by atoms with Crippen LogP contribution in [-0.4, -0.2) is 41.2 Å². The Bertz CT molecular complexity index is 750. The second-order valence-corrected chi connectivity index (χ2v) is 7.43. The highest BCUT2D eigenvalue weighted by molar-refractivity contribution is 6.08. The molecule has 3 amide bonds. The summed E-state index contributed by atoms with van der Waals surface area (Å²) in [6, 6.07) is 6.36. The Balaban J connectivity index is 1.53. The van der Waals surface area contributed by atoms with Crippen LogP contribution in [0.5, 0.6) is 0 Å². The third-order valence-electron chi connectivity index (χ3n) is 5.60. The number of ether oxygens (including phenoxy) is 1. The minimum Gasteiger partial charge on any atom is -0.454 e. The van der Waals surface area contributed by atoms with Crippen molar-refractivity contribution in [2.24, 2.45) is 11.8 Å². The van der Waals surface area contributed by atoms with E-state index in [-0.39, 0.29) is 23.7 Å². The number of hydrogen-bond acceptors (Lipinski definition) is 5. The number of fused-ring (bicyclic) bond motifs is 1. The number of nitrogens with one attached hydrogen (secondary N) is 1. The van der Waals surface area contributed by atoms with Crippen LogP contribution in [0.4, 0.5) is 5.69 Å². The van der Waals surface area contributed by atoms with Gasteiger partial charge in [-0.25, -0.2) is 4.79 Å². The van der Waals surface area contributed by atoms with E-state index in [9.17, 15) is 19.2 Å². The number of aryl methyl sites for hydroxylation is 1. The van der Waals surface area contributed by atoms with Gasteiger partial charge in [-0.05, 0) is 43.9 Å². The zero-order valence-electron chi connectivity index (χ0n) is 16.3. The van der Waals surface area contributed by atoms with E-state index >= 15 is 0 Å². The predicted molar refractivity (Wildman–Crippen MR) is 102 cm³/mol. The number of likely N-dealkylation sites (tertiary alicyclic amines) is 1. The van der Waals surface area contributed by atoms with E-state index < -0.39 is 24.5 Å². The fourth-order valence-electron chi connectivity index (χ4n) is 3.95. The number of carbonyl (C=O) groups excluding carboxylic acids is 4. The SMILES string of the molecule is CCc1ccc(NC(=O)COC(=O)[C@H](C)N2C(=O)[C@@H]3CCCC[C@H]3C2=O)cc1. The molecular weight excluding hydrogens is 360 g/mol. The fraction of sp³-hybridized carbons (Fsp3) is 0.524. The quantitative estimate of drug-likeness (QED) is 0.598.